The zero-order valence-electron chi connectivity index (χ0n) is 18.5. The highest BCUT2D eigenvalue weighted by atomic mass is 32.2. The van der Waals surface area contributed by atoms with Crippen LogP contribution in [0, 0.1) is 0 Å². The fourth-order valence-corrected chi connectivity index (χ4v) is 3.82. The van der Waals surface area contributed by atoms with Crippen LogP contribution in [0.25, 0.3) is 0 Å². The SMILES string of the molecule is CCCCN(CCCC)c1cc(C(=O)OCC)cc(S(N)(=O)=O)c1Oc1ccccc1. The van der Waals surface area contributed by atoms with Gasteiger partial charge in [-0.2, -0.15) is 0 Å². The molecule has 0 amide bonds. The summed E-state index contributed by atoms with van der Waals surface area (Å²) >= 11 is 0. The van der Waals surface area contributed by atoms with Gasteiger partial charge in [0.1, 0.15) is 10.6 Å². The number of hydrogen-bond donors (Lipinski definition) is 1. The summed E-state index contributed by atoms with van der Waals surface area (Å²) in [5.41, 5.74) is 0.639. The molecule has 2 N–H and O–H groups in total. The van der Waals surface area contributed by atoms with Crippen molar-refractivity contribution in [1.82, 2.24) is 0 Å². The number of benzene rings is 2. The molecule has 2 rings (SSSR count). The summed E-state index contributed by atoms with van der Waals surface area (Å²) < 4.78 is 36.2. The van der Waals surface area contributed by atoms with E-state index >= 15 is 0 Å². The topological polar surface area (TPSA) is 98.9 Å². The van der Waals surface area contributed by atoms with Gasteiger partial charge in [-0.25, -0.2) is 18.4 Å². The summed E-state index contributed by atoms with van der Waals surface area (Å²) in [5.74, 6) is -0.0109. The number of hydrogen-bond acceptors (Lipinski definition) is 6. The van der Waals surface area contributed by atoms with Crippen LogP contribution in [-0.4, -0.2) is 34.1 Å². The highest BCUT2D eigenvalue weighted by Gasteiger charge is 2.26. The summed E-state index contributed by atoms with van der Waals surface area (Å²) in [6, 6.07) is 11.8. The minimum Gasteiger partial charge on any atom is -0.462 e. The molecule has 31 heavy (non-hydrogen) atoms. The van der Waals surface area contributed by atoms with E-state index in [9.17, 15) is 13.2 Å². The van der Waals surface area contributed by atoms with Crippen LogP contribution in [0.15, 0.2) is 47.4 Å². The van der Waals surface area contributed by atoms with Gasteiger partial charge >= 0.3 is 5.97 Å². The van der Waals surface area contributed by atoms with E-state index in [0.717, 1.165) is 25.7 Å². The van der Waals surface area contributed by atoms with Crippen LogP contribution in [0.3, 0.4) is 0 Å². The molecule has 0 atom stereocenters. The van der Waals surface area contributed by atoms with Gasteiger partial charge < -0.3 is 14.4 Å². The van der Waals surface area contributed by atoms with E-state index in [2.05, 4.69) is 18.7 Å². The zero-order chi connectivity index (χ0) is 22.9. The normalized spacial score (nSPS) is 11.2. The van der Waals surface area contributed by atoms with E-state index in [4.69, 9.17) is 14.6 Å². The second-order valence-corrected chi connectivity index (χ2v) is 8.73. The van der Waals surface area contributed by atoms with E-state index in [1.54, 1.807) is 37.3 Å². The van der Waals surface area contributed by atoms with Crippen LogP contribution in [0.4, 0.5) is 5.69 Å². The van der Waals surface area contributed by atoms with Crippen LogP contribution in [-0.2, 0) is 14.8 Å². The second kappa shape index (κ2) is 11.7. The van der Waals surface area contributed by atoms with Gasteiger partial charge in [0.25, 0.3) is 0 Å². The fourth-order valence-electron chi connectivity index (χ4n) is 3.13. The molecule has 0 fully saturated rings. The molecule has 0 bridgehead atoms. The van der Waals surface area contributed by atoms with Crippen molar-refractivity contribution >= 4 is 21.7 Å². The first-order valence-electron chi connectivity index (χ1n) is 10.7. The number of para-hydroxylation sites is 1. The third-order valence-electron chi connectivity index (χ3n) is 4.72. The molecule has 0 radical (unpaired) electrons. The van der Waals surface area contributed by atoms with Crippen LogP contribution in [0.2, 0.25) is 0 Å². The molecule has 0 unspecified atom stereocenters. The number of carbonyl (C=O) groups excluding carboxylic acids is 1. The standard InChI is InChI=1S/C23H32N2O5S/c1-4-7-14-25(15-8-5-2)20-16-18(23(26)29-6-3)17-21(31(24,27)28)22(20)30-19-12-10-9-11-13-19/h9-13,16-17H,4-8,14-15H2,1-3H3,(H2,24,27,28). The number of rotatable bonds is 12. The van der Waals surface area contributed by atoms with E-state index in [0.29, 0.717) is 24.5 Å². The Labute approximate surface area is 185 Å². The number of anilines is 1. The third kappa shape index (κ3) is 6.97. The number of nitrogens with two attached hydrogens (primary N) is 1. The van der Waals surface area contributed by atoms with E-state index in [1.807, 2.05) is 6.07 Å². The van der Waals surface area contributed by atoms with Crippen LogP contribution < -0.4 is 14.8 Å². The molecular weight excluding hydrogens is 416 g/mol. The Hall–Kier alpha value is -2.58. The van der Waals surface area contributed by atoms with Gasteiger partial charge in [-0.15, -0.1) is 0 Å². The zero-order valence-corrected chi connectivity index (χ0v) is 19.3. The number of nitrogens with zero attached hydrogens (tertiary/aromatic N) is 1. The van der Waals surface area contributed by atoms with E-state index in [-0.39, 0.29) is 22.8 Å². The predicted octanol–water partition coefficient (Wildman–Crippen LogP) is 4.71. The lowest BCUT2D eigenvalue weighted by atomic mass is 10.1. The Bertz CT molecular complexity index is 953. The maximum Gasteiger partial charge on any atom is 0.338 e. The molecule has 0 aliphatic heterocycles. The molecule has 0 saturated carbocycles. The van der Waals surface area contributed by atoms with Crippen LogP contribution in [0.1, 0.15) is 56.8 Å². The van der Waals surface area contributed by atoms with Crippen molar-refractivity contribution in [2.24, 2.45) is 5.14 Å². The quantitative estimate of drug-likeness (QED) is 0.472. The molecule has 0 spiro atoms. The lowest BCUT2D eigenvalue weighted by Crippen LogP contribution is -2.27. The monoisotopic (exact) mass is 448 g/mol. The van der Waals surface area contributed by atoms with Crippen molar-refractivity contribution in [3.63, 3.8) is 0 Å². The predicted molar refractivity (Wildman–Crippen MR) is 122 cm³/mol. The van der Waals surface area contributed by atoms with Crippen molar-refractivity contribution in [2.75, 3.05) is 24.6 Å². The molecule has 0 saturated heterocycles. The molecule has 0 aliphatic rings. The summed E-state index contributed by atoms with van der Waals surface area (Å²) in [6.07, 6.45) is 3.75. The first-order valence-corrected chi connectivity index (χ1v) is 12.2. The maximum atomic E-state index is 12.5. The molecule has 0 heterocycles. The van der Waals surface area contributed by atoms with Crippen molar-refractivity contribution < 1.29 is 22.7 Å². The average Bonchev–Trinajstić information content (AvgIpc) is 2.74. The van der Waals surface area contributed by atoms with Crippen molar-refractivity contribution in [3.8, 4) is 11.5 Å². The largest absolute Gasteiger partial charge is 0.462 e. The number of unbranched alkanes of at least 4 members (excludes halogenated alkanes) is 2. The number of primary sulfonamides is 1. The summed E-state index contributed by atoms with van der Waals surface area (Å²) in [7, 11) is -4.18. The Kier molecular flexibility index (Phi) is 9.33. The van der Waals surface area contributed by atoms with Crippen molar-refractivity contribution in [3.05, 3.63) is 48.0 Å². The molecule has 170 valence electrons. The van der Waals surface area contributed by atoms with E-state index in [1.165, 1.54) is 6.07 Å². The van der Waals surface area contributed by atoms with Gasteiger partial charge in [0, 0.05) is 13.1 Å². The summed E-state index contributed by atoms with van der Waals surface area (Å²) in [6.45, 7) is 7.43. The molecule has 2 aromatic rings. The maximum absolute atomic E-state index is 12.5. The Morgan fingerprint density at radius 3 is 2.13 bits per heavy atom. The Morgan fingerprint density at radius 2 is 1.61 bits per heavy atom. The van der Waals surface area contributed by atoms with Gasteiger partial charge in [-0.3, -0.25) is 0 Å². The number of carbonyl (C=O) groups is 1. The van der Waals surface area contributed by atoms with Crippen molar-refractivity contribution in [2.45, 2.75) is 51.3 Å². The molecule has 8 heteroatoms. The lowest BCUT2D eigenvalue weighted by Gasteiger charge is -2.28. The lowest BCUT2D eigenvalue weighted by molar-refractivity contribution is 0.0526. The summed E-state index contributed by atoms with van der Waals surface area (Å²) in [5, 5.41) is 5.55. The van der Waals surface area contributed by atoms with Gasteiger partial charge in [0.05, 0.1) is 17.9 Å². The van der Waals surface area contributed by atoms with Gasteiger partial charge in [-0.05, 0) is 44.0 Å². The molecular formula is C23H32N2O5S. The summed E-state index contributed by atoms with van der Waals surface area (Å²) in [4.78, 5) is 14.3. The van der Waals surface area contributed by atoms with Crippen LogP contribution >= 0.6 is 0 Å². The number of ether oxygens (including phenoxy) is 2. The Morgan fingerprint density at radius 1 is 1.00 bits per heavy atom. The minimum absolute atomic E-state index is 0.119. The highest BCUT2D eigenvalue weighted by Crippen LogP contribution is 2.39. The first kappa shape index (κ1) is 24.7. The highest BCUT2D eigenvalue weighted by molar-refractivity contribution is 7.89. The fraction of sp³-hybridized carbons (Fsp3) is 0.435. The molecule has 7 nitrogen and oxygen atoms in total. The third-order valence-corrected chi connectivity index (χ3v) is 5.64. The van der Waals surface area contributed by atoms with Crippen molar-refractivity contribution in [1.29, 1.82) is 0 Å². The Balaban J connectivity index is 2.73. The molecule has 0 aromatic heterocycles. The van der Waals surface area contributed by atoms with Gasteiger partial charge in [0.2, 0.25) is 10.0 Å². The smallest absolute Gasteiger partial charge is 0.338 e. The minimum atomic E-state index is -4.18. The number of esters is 1. The molecule has 2 aromatic carbocycles. The van der Waals surface area contributed by atoms with Gasteiger partial charge in [-0.1, -0.05) is 44.9 Å². The average molecular weight is 449 g/mol. The molecule has 0 aliphatic carbocycles. The van der Waals surface area contributed by atoms with Crippen LogP contribution in [0.5, 0.6) is 11.5 Å². The number of sulfonamides is 1. The van der Waals surface area contributed by atoms with Gasteiger partial charge in [0.15, 0.2) is 5.75 Å². The second-order valence-electron chi connectivity index (χ2n) is 7.20. The van der Waals surface area contributed by atoms with E-state index < -0.39 is 16.0 Å². The first-order chi connectivity index (χ1) is 14.8.